The molecule has 2 amide bonds. The van der Waals surface area contributed by atoms with E-state index in [0.717, 1.165) is 22.4 Å². The number of aryl methyl sites for hydroxylation is 2. The van der Waals surface area contributed by atoms with E-state index in [-0.39, 0.29) is 17.9 Å². The molecule has 4 heteroatoms. The zero-order valence-corrected chi connectivity index (χ0v) is 17.0. The molecule has 0 aromatic heterocycles. The molecular formula is C23H30N2O2. The Labute approximate surface area is 162 Å². The molecule has 0 heterocycles. The van der Waals surface area contributed by atoms with Crippen molar-refractivity contribution in [2.45, 2.75) is 53.6 Å². The number of para-hydroxylation sites is 1. The summed E-state index contributed by atoms with van der Waals surface area (Å²) in [6, 6.07) is 16.1. The number of amides is 2. The minimum atomic E-state index is -0.0423. The van der Waals surface area contributed by atoms with Gasteiger partial charge in [-0.2, -0.15) is 0 Å². The second-order valence-electron chi connectivity index (χ2n) is 7.26. The van der Waals surface area contributed by atoms with Crippen LogP contribution in [0.5, 0.6) is 0 Å². The SMILES string of the molecule is CC(=O)N(CCC(=O)N(Cc1ccccc1)C(C)C)c1c(C)cccc1C. The van der Waals surface area contributed by atoms with E-state index in [2.05, 4.69) is 0 Å². The van der Waals surface area contributed by atoms with Gasteiger partial charge in [0, 0.05) is 38.2 Å². The Morgan fingerprint density at radius 3 is 2.04 bits per heavy atom. The highest BCUT2D eigenvalue weighted by Gasteiger charge is 2.21. The van der Waals surface area contributed by atoms with E-state index in [0.29, 0.717) is 19.5 Å². The maximum atomic E-state index is 12.9. The molecule has 0 atom stereocenters. The van der Waals surface area contributed by atoms with E-state index in [1.807, 2.05) is 81.1 Å². The molecule has 0 fully saturated rings. The molecular weight excluding hydrogens is 336 g/mol. The molecule has 0 aliphatic carbocycles. The Morgan fingerprint density at radius 1 is 0.926 bits per heavy atom. The van der Waals surface area contributed by atoms with Crippen molar-refractivity contribution in [2.24, 2.45) is 0 Å². The van der Waals surface area contributed by atoms with Gasteiger partial charge in [-0.3, -0.25) is 9.59 Å². The lowest BCUT2D eigenvalue weighted by Crippen LogP contribution is -2.39. The van der Waals surface area contributed by atoms with Crippen LogP contribution in [0.25, 0.3) is 0 Å². The number of rotatable bonds is 7. The van der Waals surface area contributed by atoms with Gasteiger partial charge < -0.3 is 9.80 Å². The summed E-state index contributed by atoms with van der Waals surface area (Å²) in [6.07, 6.45) is 0.304. The summed E-state index contributed by atoms with van der Waals surface area (Å²) < 4.78 is 0. The third kappa shape index (κ3) is 5.43. The van der Waals surface area contributed by atoms with Crippen LogP contribution in [0.15, 0.2) is 48.5 Å². The molecule has 2 aromatic carbocycles. The molecule has 0 aliphatic heterocycles. The topological polar surface area (TPSA) is 40.6 Å². The summed E-state index contributed by atoms with van der Waals surface area (Å²) in [5.41, 5.74) is 4.11. The largest absolute Gasteiger partial charge is 0.336 e. The lowest BCUT2D eigenvalue weighted by atomic mass is 10.1. The van der Waals surface area contributed by atoms with Crippen LogP contribution in [0.3, 0.4) is 0 Å². The number of hydrogen-bond donors (Lipinski definition) is 0. The third-order valence-electron chi connectivity index (χ3n) is 4.78. The second kappa shape index (κ2) is 9.36. The highest BCUT2D eigenvalue weighted by Crippen LogP contribution is 2.25. The number of hydrogen-bond acceptors (Lipinski definition) is 2. The molecule has 0 N–H and O–H groups in total. The van der Waals surface area contributed by atoms with Gasteiger partial charge in [-0.05, 0) is 44.4 Å². The molecule has 0 unspecified atom stereocenters. The first-order valence-electron chi connectivity index (χ1n) is 9.49. The summed E-state index contributed by atoms with van der Waals surface area (Å²) in [6.45, 7) is 10.6. The molecule has 0 bridgehead atoms. The fraction of sp³-hybridized carbons (Fsp3) is 0.391. The summed E-state index contributed by atoms with van der Waals surface area (Å²) >= 11 is 0. The van der Waals surface area contributed by atoms with Crippen molar-refractivity contribution in [1.29, 1.82) is 0 Å². The van der Waals surface area contributed by atoms with Crippen LogP contribution in [-0.4, -0.2) is 29.3 Å². The summed E-state index contributed by atoms with van der Waals surface area (Å²) in [4.78, 5) is 28.8. The second-order valence-corrected chi connectivity index (χ2v) is 7.26. The van der Waals surface area contributed by atoms with E-state index in [1.54, 1.807) is 11.8 Å². The number of nitrogens with zero attached hydrogens (tertiary/aromatic N) is 2. The van der Waals surface area contributed by atoms with E-state index in [4.69, 9.17) is 0 Å². The number of carbonyl (C=O) groups is 2. The summed E-state index contributed by atoms with van der Waals surface area (Å²) in [5, 5.41) is 0. The minimum absolute atomic E-state index is 0.0423. The van der Waals surface area contributed by atoms with Gasteiger partial charge in [0.1, 0.15) is 0 Å². The van der Waals surface area contributed by atoms with Gasteiger partial charge in [0.05, 0.1) is 0 Å². The maximum absolute atomic E-state index is 12.9. The van der Waals surface area contributed by atoms with Crippen LogP contribution in [-0.2, 0) is 16.1 Å². The van der Waals surface area contributed by atoms with E-state index in [9.17, 15) is 9.59 Å². The van der Waals surface area contributed by atoms with Crippen LogP contribution in [0.4, 0.5) is 5.69 Å². The number of benzene rings is 2. The highest BCUT2D eigenvalue weighted by atomic mass is 16.2. The van der Waals surface area contributed by atoms with Crippen LogP contribution in [0.2, 0.25) is 0 Å². The van der Waals surface area contributed by atoms with Gasteiger partial charge in [-0.25, -0.2) is 0 Å². The predicted molar refractivity (Wildman–Crippen MR) is 111 cm³/mol. The van der Waals surface area contributed by atoms with Crippen LogP contribution >= 0.6 is 0 Å². The smallest absolute Gasteiger partial charge is 0.224 e. The number of carbonyl (C=O) groups excluding carboxylic acids is 2. The van der Waals surface area contributed by atoms with E-state index >= 15 is 0 Å². The third-order valence-corrected chi connectivity index (χ3v) is 4.78. The minimum Gasteiger partial charge on any atom is -0.336 e. The van der Waals surface area contributed by atoms with Crippen molar-refractivity contribution in [3.63, 3.8) is 0 Å². The van der Waals surface area contributed by atoms with Gasteiger partial charge in [0.15, 0.2) is 0 Å². The Bertz CT molecular complexity index is 764. The van der Waals surface area contributed by atoms with Gasteiger partial charge >= 0.3 is 0 Å². The molecule has 0 saturated heterocycles. The van der Waals surface area contributed by atoms with Gasteiger partial charge in [0.25, 0.3) is 0 Å². The van der Waals surface area contributed by atoms with Crippen molar-refractivity contribution in [3.8, 4) is 0 Å². The fourth-order valence-electron chi connectivity index (χ4n) is 3.35. The molecule has 0 spiro atoms. The van der Waals surface area contributed by atoms with E-state index < -0.39 is 0 Å². The molecule has 2 aromatic rings. The van der Waals surface area contributed by atoms with E-state index in [1.165, 1.54) is 0 Å². The predicted octanol–water partition coefficient (Wildman–Crippen LogP) is 4.48. The van der Waals surface area contributed by atoms with Crippen LogP contribution in [0, 0.1) is 13.8 Å². The average molecular weight is 367 g/mol. The molecule has 4 nitrogen and oxygen atoms in total. The first-order valence-corrected chi connectivity index (χ1v) is 9.49. The molecule has 0 aliphatic rings. The Kier molecular flexibility index (Phi) is 7.17. The lowest BCUT2D eigenvalue weighted by Gasteiger charge is -2.29. The summed E-state index contributed by atoms with van der Waals surface area (Å²) in [5.74, 6) is 0.0192. The molecule has 0 radical (unpaired) electrons. The average Bonchev–Trinajstić information content (AvgIpc) is 2.62. The lowest BCUT2D eigenvalue weighted by molar-refractivity contribution is -0.133. The zero-order valence-electron chi connectivity index (χ0n) is 17.0. The van der Waals surface area contributed by atoms with Crippen LogP contribution in [0.1, 0.15) is 43.9 Å². The molecule has 144 valence electrons. The van der Waals surface area contributed by atoms with Crippen LogP contribution < -0.4 is 4.90 Å². The Balaban J connectivity index is 2.13. The summed E-state index contributed by atoms with van der Waals surface area (Å²) in [7, 11) is 0. The first kappa shape index (κ1) is 20.7. The van der Waals surface area contributed by atoms with Gasteiger partial charge in [-0.15, -0.1) is 0 Å². The molecule has 27 heavy (non-hydrogen) atoms. The molecule has 0 saturated carbocycles. The Morgan fingerprint density at radius 2 is 1.52 bits per heavy atom. The molecule has 2 rings (SSSR count). The first-order chi connectivity index (χ1) is 12.8. The Hall–Kier alpha value is -2.62. The standard InChI is InChI=1S/C23H30N2O2/c1-17(2)25(16-21-12-7-6-8-13-21)22(27)14-15-24(20(5)26)23-18(3)10-9-11-19(23)4/h6-13,17H,14-16H2,1-5H3. The quantitative estimate of drug-likeness (QED) is 0.725. The van der Waals surface area contributed by atoms with Gasteiger partial charge in [-0.1, -0.05) is 48.5 Å². The monoisotopic (exact) mass is 366 g/mol. The zero-order chi connectivity index (χ0) is 20.0. The number of anilines is 1. The van der Waals surface area contributed by atoms with Crippen molar-refractivity contribution >= 4 is 17.5 Å². The van der Waals surface area contributed by atoms with Crippen molar-refractivity contribution in [3.05, 3.63) is 65.2 Å². The normalized spacial score (nSPS) is 10.7. The van der Waals surface area contributed by atoms with Crippen molar-refractivity contribution < 1.29 is 9.59 Å². The highest BCUT2D eigenvalue weighted by molar-refractivity contribution is 5.94. The van der Waals surface area contributed by atoms with Crippen molar-refractivity contribution in [2.75, 3.05) is 11.4 Å². The van der Waals surface area contributed by atoms with Crippen molar-refractivity contribution in [1.82, 2.24) is 4.90 Å². The van der Waals surface area contributed by atoms with Gasteiger partial charge in [0.2, 0.25) is 11.8 Å². The fourth-order valence-corrected chi connectivity index (χ4v) is 3.35. The maximum Gasteiger partial charge on any atom is 0.224 e.